The third-order valence-corrected chi connectivity index (χ3v) is 3.16. The Kier molecular flexibility index (Phi) is 6.12. The summed E-state index contributed by atoms with van der Waals surface area (Å²) in [6.45, 7) is 3.67. The summed E-state index contributed by atoms with van der Waals surface area (Å²) in [4.78, 5) is 11.6. The monoisotopic (exact) mass is 300 g/mol. The number of nitrogens with one attached hydrogen (secondary N) is 2. The first-order valence-corrected chi connectivity index (χ1v) is 8.08. The van der Waals surface area contributed by atoms with Crippen LogP contribution in [-0.2, 0) is 19.6 Å². The summed E-state index contributed by atoms with van der Waals surface area (Å²) in [5, 5.41) is 2.69. The first kappa shape index (κ1) is 16.6. The van der Waals surface area contributed by atoms with Gasteiger partial charge in [-0.2, -0.15) is 0 Å². The summed E-state index contributed by atoms with van der Waals surface area (Å²) in [6, 6.07) is 7.41. The first-order chi connectivity index (χ1) is 9.26. The Balaban J connectivity index is 2.31. The highest BCUT2D eigenvalue weighted by molar-refractivity contribution is 7.88. The maximum atomic E-state index is 11.6. The number of sulfonamides is 1. The lowest BCUT2D eigenvalue weighted by Gasteiger charge is -2.13. The van der Waals surface area contributed by atoms with Crippen molar-refractivity contribution in [1.82, 2.24) is 4.72 Å². The van der Waals surface area contributed by atoms with E-state index in [4.69, 9.17) is 4.74 Å². The third-order valence-electron chi connectivity index (χ3n) is 2.47. The molecule has 7 heteroatoms. The summed E-state index contributed by atoms with van der Waals surface area (Å²) >= 11 is 0. The normalized spacial score (nSPS) is 12.9. The van der Waals surface area contributed by atoms with Gasteiger partial charge in [-0.25, -0.2) is 13.1 Å². The van der Waals surface area contributed by atoms with Gasteiger partial charge in [0.15, 0.2) is 0 Å². The van der Waals surface area contributed by atoms with Gasteiger partial charge in [-0.05, 0) is 26.0 Å². The van der Waals surface area contributed by atoms with Crippen LogP contribution in [0.15, 0.2) is 24.3 Å². The molecule has 0 aliphatic heterocycles. The molecular formula is C13H20N2O4S. The van der Waals surface area contributed by atoms with Crippen LogP contribution >= 0.6 is 0 Å². The molecule has 112 valence electrons. The lowest BCUT2D eigenvalue weighted by molar-refractivity contribution is -0.122. The molecule has 1 atom stereocenters. The van der Waals surface area contributed by atoms with E-state index in [2.05, 4.69) is 10.0 Å². The molecule has 1 amide bonds. The van der Waals surface area contributed by atoms with Crippen LogP contribution in [0, 0.1) is 6.92 Å². The van der Waals surface area contributed by atoms with E-state index in [0.717, 1.165) is 11.8 Å². The quantitative estimate of drug-likeness (QED) is 0.783. The van der Waals surface area contributed by atoms with E-state index in [1.807, 2.05) is 31.2 Å². The molecule has 6 nitrogen and oxygen atoms in total. The molecule has 1 aromatic carbocycles. The van der Waals surface area contributed by atoms with Crippen molar-refractivity contribution in [2.45, 2.75) is 20.0 Å². The molecule has 0 aliphatic rings. The topological polar surface area (TPSA) is 84.5 Å². The van der Waals surface area contributed by atoms with Crippen LogP contribution in [0.5, 0.6) is 0 Å². The van der Waals surface area contributed by atoms with Crippen molar-refractivity contribution in [3.05, 3.63) is 29.8 Å². The van der Waals surface area contributed by atoms with Gasteiger partial charge in [0.2, 0.25) is 15.9 Å². The van der Waals surface area contributed by atoms with Crippen LogP contribution in [-0.4, -0.2) is 39.8 Å². The molecule has 1 rings (SSSR count). The Morgan fingerprint density at radius 2 is 1.90 bits per heavy atom. The second-order valence-electron chi connectivity index (χ2n) is 4.66. The molecular weight excluding hydrogens is 280 g/mol. The molecule has 0 bridgehead atoms. The predicted octanol–water partition coefficient (Wildman–Crippen LogP) is 0.888. The molecule has 0 radical (unpaired) electrons. The molecule has 0 saturated carbocycles. The Morgan fingerprint density at radius 3 is 2.45 bits per heavy atom. The highest BCUT2D eigenvalue weighted by atomic mass is 32.2. The van der Waals surface area contributed by atoms with Gasteiger partial charge in [-0.3, -0.25) is 4.79 Å². The van der Waals surface area contributed by atoms with Gasteiger partial charge in [0.05, 0.1) is 12.4 Å². The Morgan fingerprint density at radius 1 is 1.30 bits per heavy atom. The Hall–Kier alpha value is -1.44. The highest BCUT2D eigenvalue weighted by Gasteiger charge is 2.09. The maximum absolute atomic E-state index is 11.6. The van der Waals surface area contributed by atoms with Crippen LogP contribution in [0.3, 0.4) is 0 Å². The second kappa shape index (κ2) is 7.37. The summed E-state index contributed by atoms with van der Waals surface area (Å²) in [7, 11) is -3.24. The predicted molar refractivity (Wildman–Crippen MR) is 78.1 cm³/mol. The number of carbonyl (C=O) groups excluding carboxylic acids is 1. The maximum Gasteiger partial charge on any atom is 0.250 e. The number of benzene rings is 1. The van der Waals surface area contributed by atoms with Crippen molar-refractivity contribution in [1.29, 1.82) is 0 Å². The average molecular weight is 300 g/mol. The van der Waals surface area contributed by atoms with Crippen LogP contribution in [0.4, 0.5) is 5.69 Å². The van der Waals surface area contributed by atoms with E-state index in [1.54, 1.807) is 6.92 Å². The largest absolute Gasteiger partial charge is 0.367 e. The summed E-state index contributed by atoms with van der Waals surface area (Å²) in [5.41, 5.74) is 1.81. The molecule has 0 heterocycles. The van der Waals surface area contributed by atoms with Crippen molar-refractivity contribution < 1.29 is 17.9 Å². The highest BCUT2D eigenvalue weighted by Crippen LogP contribution is 2.08. The molecule has 1 aromatic rings. The zero-order valence-corrected chi connectivity index (χ0v) is 12.7. The molecule has 0 aromatic heterocycles. The van der Waals surface area contributed by atoms with Gasteiger partial charge >= 0.3 is 0 Å². The second-order valence-corrected chi connectivity index (χ2v) is 6.49. The lowest BCUT2D eigenvalue weighted by Crippen LogP contribution is -2.33. The number of amides is 1. The molecule has 0 spiro atoms. The van der Waals surface area contributed by atoms with E-state index >= 15 is 0 Å². The van der Waals surface area contributed by atoms with Gasteiger partial charge in [-0.15, -0.1) is 0 Å². The van der Waals surface area contributed by atoms with E-state index in [1.165, 1.54) is 0 Å². The molecule has 20 heavy (non-hydrogen) atoms. The van der Waals surface area contributed by atoms with Gasteiger partial charge < -0.3 is 10.1 Å². The van der Waals surface area contributed by atoms with Crippen molar-refractivity contribution in [2.75, 3.05) is 24.7 Å². The molecule has 0 saturated heterocycles. The number of hydrogen-bond donors (Lipinski definition) is 2. The minimum atomic E-state index is -3.24. The van der Waals surface area contributed by atoms with Crippen LogP contribution in [0.1, 0.15) is 12.5 Å². The fourth-order valence-corrected chi connectivity index (χ4v) is 1.92. The summed E-state index contributed by atoms with van der Waals surface area (Å²) < 4.78 is 29.4. The van der Waals surface area contributed by atoms with Crippen LogP contribution < -0.4 is 10.0 Å². The zero-order chi connectivity index (χ0) is 15.2. The molecule has 0 aliphatic carbocycles. The SMILES string of the molecule is Cc1ccc(NC(=O)CO[C@H](C)CNS(C)(=O)=O)cc1. The van der Waals surface area contributed by atoms with E-state index in [-0.39, 0.29) is 25.2 Å². The van der Waals surface area contributed by atoms with Crippen molar-refractivity contribution in [3.8, 4) is 0 Å². The van der Waals surface area contributed by atoms with Gasteiger partial charge in [0.25, 0.3) is 0 Å². The van der Waals surface area contributed by atoms with Crippen LogP contribution in [0.25, 0.3) is 0 Å². The number of hydrogen-bond acceptors (Lipinski definition) is 4. The standard InChI is InChI=1S/C13H20N2O4S/c1-10-4-6-12(7-5-10)15-13(16)9-19-11(2)8-14-20(3,17)18/h4-7,11,14H,8-9H2,1-3H3,(H,15,16)/t11-/m1/s1. The minimum Gasteiger partial charge on any atom is -0.367 e. The fraction of sp³-hybridized carbons (Fsp3) is 0.462. The molecule has 0 fully saturated rings. The number of anilines is 1. The van der Waals surface area contributed by atoms with E-state index in [9.17, 15) is 13.2 Å². The zero-order valence-electron chi connectivity index (χ0n) is 11.8. The molecule has 2 N–H and O–H groups in total. The lowest BCUT2D eigenvalue weighted by atomic mass is 10.2. The number of rotatable bonds is 7. The third kappa shape index (κ3) is 7.22. The summed E-state index contributed by atoms with van der Waals surface area (Å²) in [5.74, 6) is -0.278. The van der Waals surface area contributed by atoms with Crippen LogP contribution in [0.2, 0.25) is 0 Å². The number of carbonyl (C=O) groups is 1. The molecule has 0 unspecified atom stereocenters. The van der Waals surface area contributed by atoms with E-state index < -0.39 is 10.0 Å². The van der Waals surface area contributed by atoms with Gasteiger partial charge in [0.1, 0.15) is 6.61 Å². The fourth-order valence-electron chi connectivity index (χ4n) is 1.38. The first-order valence-electron chi connectivity index (χ1n) is 6.19. The van der Waals surface area contributed by atoms with Crippen molar-refractivity contribution in [3.63, 3.8) is 0 Å². The minimum absolute atomic E-state index is 0.125. The van der Waals surface area contributed by atoms with Gasteiger partial charge in [0, 0.05) is 12.2 Å². The van der Waals surface area contributed by atoms with E-state index in [0.29, 0.717) is 5.69 Å². The van der Waals surface area contributed by atoms with Gasteiger partial charge in [-0.1, -0.05) is 17.7 Å². The summed E-state index contributed by atoms with van der Waals surface area (Å²) in [6.07, 6.45) is 0.692. The number of ether oxygens (including phenoxy) is 1. The number of aryl methyl sites for hydroxylation is 1. The Bertz CT molecular complexity index is 540. The Labute approximate surface area is 119 Å². The average Bonchev–Trinajstić information content (AvgIpc) is 2.36. The smallest absolute Gasteiger partial charge is 0.250 e. The van der Waals surface area contributed by atoms with Crippen molar-refractivity contribution in [2.24, 2.45) is 0 Å². The van der Waals surface area contributed by atoms with Crippen molar-refractivity contribution >= 4 is 21.6 Å².